The fourth-order valence-corrected chi connectivity index (χ4v) is 4.01. The molecule has 0 aliphatic heterocycles. The van der Waals surface area contributed by atoms with Crippen molar-refractivity contribution in [3.05, 3.63) is 16.3 Å². The van der Waals surface area contributed by atoms with Gasteiger partial charge in [-0.3, -0.25) is 0 Å². The van der Waals surface area contributed by atoms with Gasteiger partial charge in [0.05, 0.1) is 13.2 Å². The Morgan fingerprint density at radius 3 is 2.58 bits per heavy atom. The van der Waals surface area contributed by atoms with E-state index in [4.69, 9.17) is 10.2 Å². The highest BCUT2D eigenvalue weighted by Gasteiger charge is 2.31. The van der Waals surface area contributed by atoms with Crippen LogP contribution in [0.15, 0.2) is 16.3 Å². The van der Waals surface area contributed by atoms with Crippen LogP contribution in [0.4, 0.5) is 8.78 Å². The molecule has 0 unspecified atom stereocenters. The summed E-state index contributed by atoms with van der Waals surface area (Å²) in [5.74, 6) is -1.45. The Morgan fingerprint density at radius 2 is 2.11 bits per heavy atom. The van der Waals surface area contributed by atoms with E-state index in [0.717, 1.165) is 6.07 Å². The number of sulfonamides is 1. The van der Waals surface area contributed by atoms with Crippen molar-refractivity contribution in [2.45, 2.75) is 11.3 Å². The number of carboxylic acids is 1. The number of carbonyl (C=O) groups is 1. The molecule has 0 spiro atoms. The number of aromatic carboxylic acids is 1. The van der Waals surface area contributed by atoms with Gasteiger partial charge in [-0.25, -0.2) is 22.0 Å². The van der Waals surface area contributed by atoms with E-state index in [1.807, 2.05) is 0 Å². The molecule has 0 saturated heterocycles. The minimum absolute atomic E-state index is 0.367. The highest BCUT2D eigenvalue weighted by molar-refractivity contribution is 7.89. The number of aliphatic hydroxyl groups excluding tert-OH is 1. The largest absolute Gasteiger partial charge is 0.477 e. The summed E-state index contributed by atoms with van der Waals surface area (Å²) >= 11 is 0.684. The standard InChI is InChI=1S/C9H11F2NO5S2/c10-7(11)5-12(2-3-13)19(16,17)6-1-4-18-8(6)9(14)15/h1,4,7,13H,2-3,5H2,(H,14,15). The summed E-state index contributed by atoms with van der Waals surface area (Å²) in [6, 6.07) is 1.04. The molecule has 2 N–H and O–H groups in total. The molecule has 1 aromatic heterocycles. The van der Waals surface area contributed by atoms with Crippen molar-refractivity contribution < 1.29 is 32.2 Å². The first-order valence-corrected chi connectivity index (χ1v) is 7.32. The number of hydrogen-bond donors (Lipinski definition) is 2. The second kappa shape index (κ2) is 6.37. The van der Waals surface area contributed by atoms with Gasteiger partial charge in [0, 0.05) is 6.54 Å². The van der Waals surface area contributed by atoms with Gasteiger partial charge in [-0.2, -0.15) is 4.31 Å². The van der Waals surface area contributed by atoms with E-state index in [9.17, 15) is 22.0 Å². The maximum Gasteiger partial charge on any atom is 0.347 e. The minimum Gasteiger partial charge on any atom is -0.477 e. The Balaban J connectivity index is 3.19. The third-order valence-corrected chi connectivity index (χ3v) is 5.07. The lowest BCUT2D eigenvalue weighted by atomic mass is 10.5. The van der Waals surface area contributed by atoms with Gasteiger partial charge in [0.1, 0.15) is 9.77 Å². The quantitative estimate of drug-likeness (QED) is 0.772. The Kier molecular flexibility index (Phi) is 5.35. The SMILES string of the molecule is O=C(O)c1sccc1S(=O)(=O)N(CCO)CC(F)F. The number of carboxylic acid groups (broad SMARTS) is 1. The predicted octanol–water partition coefficient (Wildman–Crippen LogP) is 0.694. The molecule has 0 fully saturated rings. The first-order chi connectivity index (χ1) is 8.80. The van der Waals surface area contributed by atoms with E-state index in [1.165, 1.54) is 5.38 Å². The first-order valence-electron chi connectivity index (χ1n) is 5.00. The van der Waals surface area contributed by atoms with Gasteiger partial charge in [0.25, 0.3) is 6.43 Å². The van der Waals surface area contributed by atoms with E-state index < -0.39 is 51.9 Å². The van der Waals surface area contributed by atoms with Crippen molar-refractivity contribution in [2.24, 2.45) is 0 Å². The molecule has 0 saturated carbocycles. The Bertz CT molecular complexity index is 543. The van der Waals surface area contributed by atoms with Crippen molar-refractivity contribution in [3.8, 4) is 0 Å². The molecule has 19 heavy (non-hydrogen) atoms. The molecule has 0 aromatic carbocycles. The van der Waals surface area contributed by atoms with Crippen LogP contribution in [0.2, 0.25) is 0 Å². The number of aliphatic hydroxyl groups is 1. The average molecular weight is 315 g/mol. The average Bonchev–Trinajstić information content (AvgIpc) is 2.77. The molecule has 0 atom stereocenters. The van der Waals surface area contributed by atoms with Crippen LogP contribution >= 0.6 is 11.3 Å². The molecule has 1 aromatic rings. The monoisotopic (exact) mass is 315 g/mol. The first kappa shape index (κ1) is 16.0. The zero-order chi connectivity index (χ0) is 14.6. The molecule has 0 aliphatic carbocycles. The summed E-state index contributed by atoms with van der Waals surface area (Å²) in [4.78, 5) is 9.87. The van der Waals surface area contributed by atoms with Gasteiger partial charge in [0.15, 0.2) is 0 Å². The molecule has 10 heteroatoms. The maximum atomic E-state index is 12.3. The summed E-state index contributed by atoms with van der Waals surface area (Å²) in [7, 11) is -4.37. The third-order valence-electron chi connectivity index (χ3n) is 2.13. The summed E-state index contributed by atoms with van der Waals surface area (Å²) in [5.41, 5.74) is 0. The van der Waals surface area contributed by atoms with Gasteiger partial charge >= 0.3 is 5.97 Å². The van der Waals surface area contributed by atoms with Crippen molar-refractivity contribution in [1.82, 2.24) is 4.31 Å². The topological polar surface area (TPSA) is 94.9 Å². The predicted molar refractivity (Wildman–Crippen MR) is 63.1 cm³/mol. The van der Waals surface area contributed by atoms with Crippen LogP contribution in [0, 0.1) is 0 Å². The van der Waals surface area contributed by atoms with Gasteiger partial charge in [-0.05, 0) is 11.4 Å². The van der Waals surface area contributed by atoms with Crippen molar-refractivity contribution >= 4 is 27.3 Å². The van der Waals surface area contributed by atoms with Crippen LogP contribution in [0.1, 0.15) is 9.67 Å². The van der Waals surface area contributed by atoms with E-state index in [2.05, 4.69) is 0 Å². The molecule has 108 valence electrons. The lowest BCUT2D eigenvalue weighted by Gasteiger charge is -2.20. The van der Waals surface area contributed by atoms with E-state index in [-0.39, 0.29) is 0 Å². The molecule has 0 radical (unpaired) electrons. The van der Waals surface area contributed by atoms with E-state index in [0.29, 0.717) is 15.6 Å². The summed E-state index contributed by atoms with van der Waals surface area (Å²) in [5, 5.41) is 18.8. The van der Waals surface area contributed by atoms with E-state index >= 15 is 0 Å². The van der Waals surface area contributed by atoms with Crippen molar-refractivity contribution in [1.29, 1.82) is 0 Å². The molecule has 1 heterocycles. The van der Waals surface area contributed by atoms with Crippen LogP contribution in [-0.4, -0.2) is 55.0 Å². The second-order valence-corrected chi connectivity index (χ2v) is 6.22. The number of hydrogen-bond acceptors (Lipinski definition) is 5. The molecule has 6 nitrogen and oxygen atoms in total. The van der Waals surface area contributed by atoms with Gasteiger partial charge in [0.2, 0.25) is 10.0 Å². The number of nitrogens with zero attached hydrogens (tertiary/aromatic N) is 1. The van der Waals surface area contributed by atoms with Crippen molar-refractivity contribution in [2.75, 3.05) is 19.7 Å². The third kappa shape index (κ3) is 3.69. The zero-order valence-corrected chi connectivity index (χ0v) is 11.1. The Morgan fingerprint density at radius 1 is 1.47 bits per heavy atom. The highest BCUT2D eigenvalue weighted by atomic mass is 32.2. The number of rotatable bonds is 7. The number of halogens is 2. The molecule has 0 aliphatic rings. The molecular formula is C9H11F2NO5S2. The minimum atomic E-state index is -4.37. The second-order valence-electron chi connectivity index (χ2n) is 3.40. The number of thiophene rings is 1. The molecule has 1 rings (SSSR count). The smallest absolute Gasteiger partial charge is 0.347 e. The lowest BCUT2D eigenvalue weighted by Crippen LogP contribution is -2.37. The highest BCUT2D eigenvalue weighted by Crippen LogP contribution is 2.25. The van der Waals surface area contributed by atoms with Gasteiger partial charge in [-0.1, -0.05) is 0 Å². The van der Waals surface area contributed by atoms with Crippen molar-refractivity contribution in [3.63, 3.8) is 0 Å². The van der Waals surface area contributed by atoms with Crippen LogP contribution in [0.3, 0.4) is 0 Å². The summed E-state index contributed by atoms with van der Waals surface area (Å²) in [6.45, 7) is -2.27. The molecular weight excluding hydrogens is 304 g/mol. The molecule has 0 amide bonds. The van der Waals surface area contributed by atoms with Crippen LogP contribution in [-0.2, 0) is 10.0 Å². The lowest BCUT2D eigenvalue weighted by molar-refractivity contribution is 0.0698. The zero-order valence-electron chi connectivity index (χ0n) is 9.49. The Labute approximate surface area is 111 Å². The molecule has 0 bridgehead atoms. The van der Waals surface area contributed by atoms with Crippen LogP contribution in [0.5, 0.6) is 0 Å². The number of alkyl halides is 2. The van der Waals surface area contributed by atoms with Crippen LogP contribution in [0.25, 0.3) is 0 Å². The maximum absolute atomic E-state index is 12.3. The van der Waals surface area contributed by atoms with E-state index in [1.54, 1.807) is 0 Å². The summed E-state index contributed by atoms with van der Waals surface area (Å²) in [6.07, 6.45) is -2.92. The summed E-state index contributed by atoms with van der Waals surface area (Å²) < 4.78 is 49.2. The fraction of sp³-hybridized carbons (Fsp3) is 0.444. The van der Waals surface area contributed by atoms with Gasteiger partial charge in [-0.15, -0.1) is 11.3 Å². The Hall–Kier alpha value is -1.10. The fourth-order valence-electron chi connectivity index (χ4n) is 1.37. The van der Waals surface area contributed by atoms with Gasteiger partial charge < -0.3 is 10.2 Å². The van der Waals surface area contributed by atoms with Crippen LogP contribution < -0.4 is 0 Å². The normalized spacial score (nSPS) is 12.3.